The average Bonchev–Trinajstić information content (AvgIpc) is 2.37. The number of aromatic nitrogens is 2. The second-order valence-corrected chi connectivity index (χ2v) is 5.48. The third-order valence-electron chi connectivity index (χ3n) is 2.70. The van der Waals surface area contributed by atoms with E-state index in [-0.39, 0.29) is 0 Å². The summed E-state index contributed by atoms with van der Waals surface area (Å²) >= 11 is 9.53. The van der Waals surface area contributed by atoms with Crippen LogP contribution in [0.1, 0.15) is 24.5 Å². The molecule has 0 N–H and O–H groups in total. The van der Waals surface area contributed by atoms with Crippen molar-refractivity contribution in [1.82, 2.24) is 9.97 Å². The monoisotopic (exact) mass is 340 g/mol. The summed E-state index contributed by atoms with van der Waals surface area (Å²) in [7, 11) is 0. The molecule has 1 heterocycles. The third-order valence-corrected chi connectivity index (χ3v) is 3.52. The van der Waals surface area contributed by atoms with Gasteiger partial charge >= 0.3 is 0 Å². The van der Waals surface area contributed by atoms with Gasteiger partial charge in [-0.25, -0.2) is 9.97 Å². The van der Waals surface area contributed by atoms with Gasteiger partial charge in [0.1, 0.15) is 17.2 Å². The van der Waals surface area contributed by atoms with Crippen LogP contribution < -0.4 is 4.74 Å². The van der Waals surface area contributed by atoms with E-state index in [1.54, 1.807) is 0 Å². The molecule has 100 valence electrons. The summed E-state index contributed by atoms with van der Waals surface area (Å²) in [6, 6.07) is 5.84. The van der Waals surface area contributed by atoms with Crippen molar-refractivity contribution in [2.45, 2.75) is 26.7 Å². The topological polar surface area (TPSA) is 35.0 Å². The maximum atomic E-state index is 6.10. The van der Waals surface area contributed by atoms with E-state index >= 15 is 0 Å². The summed E-state index contributed by atoms with van der Waals surface area (Å²) in [5.74, 6) is 1.31. The number of halogens is 2. The smallest absolute Gasteiger partial charge is 0.227 e. The van der Waals surface area contributed by atoms with Crippen LogP contribution in [0.3, 0.4) is 0 Å². The molecule has 0 atom stereocenters. The van der Waals surface area contributed by atoms with Crippen molar-refractivity contribution in [1.29, 1.82) is 0 Å². The SMILES string of the molecule is CCCc1c(Cl)ncnc1Oc1ccc(Br)cc1C. The first kappa shape index (κ1) is 14.3. The van der Waals surface area contributed by atoms with Crippen LogP contribution in [-0.4, -0.2) is 9.97 Å². The molecule has 1 aromatic carbocycles. The van der Waals surface area contributed by atoms with Gasteiger partial charge in [0.2, 0.25) is 5.88 Å². The third kappa shape index (κ3) is 3.45. The highest BCUT2D eigenvalue weighted by Crippen LogP contribution is 2.30. The van der Waals surface area contributed by atoms with Crippen molar-refractivity contribution in [3.63, 3.8) is 0 Å². The van der Waals surface area contributed by atoms with Gasteiger partial charge < -0.3 is 4.74 Å². The fraction of sp³-hybridized carbons (Fsp3) is 0.286. The van der Waals surface area contributed by atoms with Crippen LogP contribution in [0.25, 0.3) is 0 Å². The lowest BCUT2D eigenvalue weighted by Crippen LogP contribution is -1.98. The van der Waals surface area contributed by atoms with Gasteiger partial charge in [-0.3, -0.25) is 0 Å². The van der Waals surface area contributed by atoms with E-state index in [1.807, 2.05) is 25.1 Å². The minimum absolute atomic E-state index is 0.460. The maximum Gasteiger partial charge on any atom is 0.227 e. The molecule has 0 unspecified atom stereocenters. The molecule has 0 fully saturated rings. The predicted molar refractivity (Wildman–Crippen MR) is 80.0 cm³/mol. The molecule has 0 bridgehead atoms. The molecule has 0 aliphatic carbocycles. The Morgan fingerprint density at radius 3 is 2.79 bits per heavy atom. The van der Waals surface area contributed by atoms with Crippen molar-refractivity contribution in [2.75, 3.05) is 0 Å². The zero-order chi connectivity index (χ0) is 13.8. The van der Waals surface area contributed by atoms with Crippen LogP contribution >= 0.6 is 27.5 Å². The molecule has 0 saturated carbocycles. The summed E-state index contributed by atoms with van der Waals surface area (Å²) in [5, 5.41) is 0.460. The fourth-order valence-electron chi connectivity index (χ4n) is 1.76. The predicted octanol–water partition coefficient (Wildman–Crippen LogP) is 4.95. The highest BCUT2D eigenvalue weighted by molar-refractivity contribution is 9.10. The molecule has 5 heteroatoms. The normalized spacial score (nSPS) is 10.5. The Hall–Kier alpha value is -1.13. The number of rotatable bonds is 4. The van der Waals surface area contributed by atoms with Crippen molar-refractivity contribution >= 4 is 27.5 Å². The number of benzene rings is 1. The molecule has 3 nitrogen and oxygen atoms in total. The van der Waals surface area contributed by atoms with Gasteiger partial charge in [0.25, 0.3) is 0 Å². The molecule has 2 rings (SSSR count). The summed E-state index contributed by atoms with van der Waals surface area (Å²) in [4.78, 5) is 8.19. The Bertz CT molecular complexity index is 590. The number of ether oxygens (including phenoxy) is 1. The van der Waals surface area contributed by atoms with Gasteiger partial charge in [-0.05, 0) is 37.1 Å². The van der Waals surface area contributed by atoms with Crippen LogP contribution in [0.2, 0.25) is 5.15 Å². The molecule has 0 aliphatic heterocycles. The molecule has 0 aliphatic rings. The maximum absolute atomic E-state index is 6.10. The van der Waals surface area contributed by atoms with E-state index in [1.165, 1.54) is 6.33 Å². The standard InChI is InChI=1S/C14H14BrClN2O/c1-3-4-11-13(16)17-8-18-14(11)19-12-6-5-10(15)7-9(12)2/h5-8H,3-4H2,1-2H3. The molecule has 19 heavy (non-hydrogen) atoms. The lowest BCUT2D eigenvalue weighted by molar-refractivity contribution is 0.450. The van der Waals surface area contributed by atoms with Crippen molar-refractivity contribution in [3.05, 3.63) is 45.3 Å². The Labute approximate surface area is 126 Å². The lowest BCUT2D eigenvalue weighted by Gasteiger charge is -2.12. The van der Waals surface area contributed by atoms with Gasteiger partial charge in [-0.1, -0.05) is 40.9 Å². The first-order valence-corrected chi connectivity index (χ1v) is 7.22. The molecular formula is C14H14BrClN2O. The molecule has 2 aromatic rings. The van der Waals surface area contributed by atoms with Crippen LogP contribution in [0.5, 0.6) is 11.6 Å². The molecule has 0 amide bonds. The summed E-state index contributed by atoms with van der Waals surface area (Å²) in [6.07, 6.45) is 3.18. The zero-order valence-corrected chi connectivity index (χ0v) is 13.1. The summed E-state index contributed by atoms with van der Waals surface area (Å²) < 4.78 is 6.89. The van der Waals surface area contributed by atoms with Crippen LogP contribution in [-0.2, 0) is 6.42 Å². The number of aryl methyl sites for hydroxylation is 1. The highest BCUT2D eigenvalue weighted by Gasteiger charge is 2.12. The molecule has 0 spiro atoms. The van der Waals surface area contributed by atoms with Crippen LogP contribution in [0.4, 0.5) is 0 Å². The largest absolute Gasteiger partial charge is 0.438 e. The number of hydrogen-bond acceptors (Lipinski definition) is 3. The molecule has 1 aromatic heterocycles. The van der Waals surface area contributed by atoms with E-state index in [9.17, 15) is 0 Å². The highest BCUT2D eigenvalue weighted by atomic mass is 79.9. The van der Waals surface area contributed by atoms with Crippen LogP contribution in [0, 0.1) is 6.92 Å². The fourth-order valence-corrected chi connectivity index (χ4v) is 2.45. The molecule has 0 radical (unpaired) electrons. The van der Waals surface area contributed by atoms with E-state index < -0.39 is 0 Å². The van der Waals surface area contributed by atoms with Crippen molar-refractivity contribution < 1.29 is 4.74 Å². The van der Waals surface area contributed by atoms with E-state index in [0.29, 0.717) is 11.0 Å². The van der Waals surface area contributed by atoms with E-state index in [4.69, 9.17) is 16.3 Å². The molecule has 0 saturated heterocycles. The number of hydrogen-bond donors (Lipinski definition) is 0. The quantitative estimate of drug-likeness (QED) is 0.738. The van der Waals surface area contributed by atoms with Gasteiger partial charge in [0, 0.05) is 4.47 Å². The Morgan fingerprint density at radius 1 is 1.32 bits per heavy atom. The average molecular weight is 342 g/mol. The van der Waals surface area contributed by atoms with Crippen molar-refractivity contribution in [2.24, 2.45) is 0 Å². The first-order chi connectivity index (χ1) is 9.11. The van der Waals surface area contributed by atoms with E-state index in [0.717, 1.165) is 34.2 Å². The Kier molecular flexibility index (Phi) is 4.77. The van der Waals surface area contributed by atoms with Gasteiger partial charge in [0.15, 0.2) is 0 Å². The Morgan fingerprint density at radius 2 is 2.11 bits per heavy atom. The van der Waals surface area contributed by atoms with Gasteiger partial charge in [-0.2, -0.15) is 0 Å². The second kappa shape index (κ2) is 6.35. The zero-order valence-electron chi connectivity index (χ0n) is 10.8. The Balaban J connectivity index is 2.35. The van der Waals surface area contributed by atoms with Crippen molar-refractivity contribution in [3.8, 4) is 11.6 Å². The molecular weight excluding hydrogens is 328 g/mol. The lowest BCUT2D eigenvalue weighted by atomic mass is 10.2. The summed E-state index contributed by atoms with van der Waals surface area (Å²) in [6.45, 7) is 4.07. The minimum atomic E-state index is 0.460. The van der Waals surface area contributed by atoms with Gasteiger partial charge in [-0.15, -0.1) is 0 Å². The van der Waals surface area contributed by atoms with Gasteiger partial charge in [0.05, 0.1) is 5.56 Å². The number of nitrogens with zero attached hydrogens (tertiary/aromatic N) is 2. The first-order valence-electron chi connectivity index (χ1n) is 6.05. The minimum Gasteiger partial charge on any atom is -0.438 e. The summed E-state index contributed by atoms with van der Waals surface area (Å²) in [5.41, 5.74) is 1.89. The second-order valence-electron chi connectivity index (χ2n) is 4.21. The van der Waals surface area contributed by atoms with E-state index in [2.05, 4.69) is 32.8 Å². The van der Waals surface area contributed by atoms with Crippen LogP contribution in [0.15, 0.2) is 29.0 Å².